The number of hydrogen-bond acceptors (Lipinski definition) is 3. The Bertz CT molecular complexity index is 294. The van der Waals surface area contributed by atoms with E-state index in [2.05, 4.69) is 22.6 Å². The van der Waals surface area contributed by atoms with Crippen LogP contribution in [0.4, 0.5) is 0 Å². The van der Waals surface area contributed by atoms with Crippen LogP contribution in [0.5, 0.6) is 0 Å². The Morgan fingerprint density at radius 2 is 2.15 bits per heavy atom. The van der Waals surface area contributed by atoms with Crippen LogP contribution in [0.25, 0.3) is 0 Å². The summed E-state index contributed by atoms with van der Waals surface area (Å²) in [6, 6.07) is 10.3. The second-order valence-electron chi connectivity index (χ2n) is 3.18. The van der Waals surface area contributed by atoms with Gasteiger partial charge in [-0.05, 0) is 12.5 Å². The second kappa shape index (κ2) is 3.58. The first-order chi connectivity index (χ1) is 6.34. The predicted octanol–water partition coefficient (Wildman–Crippen LogP) is 1.38. The molecule has 1 aliphatic heterocycles. The van der Waals surface area contributed by atoms with Gasteiger partial charge in [-0.2, -0.15) is 0 Å². The molecule has 2 rings (SSSR count). The molecule has 1 aliphatic rings. The van der Waals surface area contributed by atoms with Crippen LogP contribution in [0.1, 0.15) is 12.5 Å². The fraction of sp³-hybridized carbons (Fsp3) is 0.300. The maximum Gasteiger partial charge on any atom is 0.115 e. The van der Waals surface area contributed by atoms with Crippen molar-refractivity contribution in [3.05, 3.63) is 35.9 Å². The van der Waals surface area contributed by atoms with Gasteiger partial charge in [0.2, 0.25) is 0 Å². The van der Waals surface area contributed by atoms with Crippen molar-refractivity contribution < 1.29 is 0 Å². The van der Waals surface area contributed by atoms with Crippen LogP contribution in [0.3, 0.4) is 0 Å². The first kappa shape index (κ1) is 8.26. The van der Waals surface area contributed by atoms with Crippen molar-refractivity contribution in [2.75, 3.05) is 0 Å². The highest BCUT2D eigenvalue weighted by Crippen LogP contribution is 2.04. The zero-order chi connectivity index (χ0) is 9.10. The third-order valence-corrected chi connectivity index (χ3v) is 1.98. The van der Waals surface area contributed by atoms with Crippen molar-refractivity contribution in [3.8, 4) is 0 Å². The van der Waals surface area contributed by atoms with Crippen LogP contribution >= 0.6 is 0 Å². The first-order valence-electron chi connectivity index (χ1n) is 4.44. The van der Waals surface area contributed by atoms with E-state index in [4.69, 9.17) is 0 Å². The van der Waals surface area contributed by atoms with Gasteiger partial charge in [0.15, 0.2) is 0 Å². The average molecular weight is 175 g/mol. The van der Waals surface area contributed by atoms with Gasteiger partial charge in [0.05, 0.1) is 6.54 Å². The highest BCUT2D eigenvalue weighted by molar-refractivity contribution is 5.56. The molecule has 3 nitrogen and oxygen atoms in total. The molecule has 13 heavy (non-hydrogen) atoms. The molecule has 1 atom stereocenters. The smallest absolute Gasteiger partial charge is 0.115 e. The van der Waals surface area contributed by atoms with Crippen LogP contribution < -0.4 is 5.43 Å². The standard InChI is InChI=1S/C10H13N3/c1-9-11-8-13(12-9)7-10-5-3-2-4-6-10/h2-6,8-9,12H,7H2,1H3. The number of benzene rings is 1. The molecule has 0 saturated heterocycles. The Morgan fingerprint density at radius 1 is 1.38 bits per heavy atom. The summed E-state index contributed by atoms with van der Waals surface area (Å²) in [7, 11) is 0. The largest absolute Gasteiger partial charge is 0.292 e. The van der Waals surface area contributed by atoms with E-state index in [9.17, 15) is 0 Å². The van der Waals surface area contributed by atoms with E-state index < -0.39 is 0 Å². The van der Waals surface area contributed by atoms with Gasteiger partial charge >= 0.3 is 0 Å². The zero-order valence-electron chi connectivity index (χ0n) is 7.64. The van der Waals surface area contributed by atoms with Crippen molar-refractivity contribution in [2.45, 2.75) is 19.6 Å². The fourth-order valence-electron chi connectivity index (χ4n) is 1.35. The molecule has 1 aromatic carbocycles. The predicted molar refractivity (Wildman–Crippen MR) is 53.1 cm³/mol. The molecular weight excluding hydrogens is 162 g/mol. The lowest BCUT2D eigenvalue weighted by Gasteiger charge is -2.15. The molecule has 0 aliphatic carbocycles. The van der Waals surface area contributed by atoms with E-state index >= 15 is 0 Å². The SMILES string of the molecule is CC1N=CN(Cc2ccccc2)N1. The lowest BCUT2D eigenvalue weighted by molar-refractivity contribution is 0.305. The lowest BCUT2D eigenvalue weighted by atomic mass is 10.2. The summed E-state index contributed by atoms with van der Waals surface area (Å²) in [5.74, 6) is 0. The molecule has 1 N–H and O–H groups in total. The molecule has 68 valence electrons. The maximum atomic E-state index is 4.20. The van der Waals surface area contributed by atoms with E-state index in [1.165, 1.54) is 5.56 Å². The minimum Gasteiger partial charge on any atom is -0.292 e. The molecule has 0 fully saturated rings. The summed E-state index contributed by atoms with van der Waals surface area (Å²) < 4.78 is 0. The van der Waals surface area contributed by atoms with Gasteiger partial charge in [-0.25, -0.2) is 5.43 Å². The van der Waals surface area contributed by atoms with Gasteiger partial charge in [-0.3, -0.25) is 10.0 Å². The molecule has 1 heterocycles. The molecule has 0 amide bonds. The topological polar surface area (TPSA) is 27.6 Å². The van der Waals surface area contributed by atoms with E-state index in [0.29, 0.717) is 0 Å². The molecule has 3 heteroatoms. The third kappa shape index (κ3) is 2.06. The Labute approximate surface area is 78.1 Å². The Hall–Kier alpha value is -1.35. The monoisotopic (exact) mass is 175 g/mol. The molecule has 0 saturated carbocycles. The fourth-order valence-corrected chi connectivity index (χ4v) is 1.35. The number of nitrogens with one attached hydrogen (secondary N) is 1. The number of aliphatic imine (C=N–C) groups is 1. The van der Waals surface area contributed by atoms with Gasteiger partial charge in [-0.1, -0.05) is 30.3 Å². The van der Waals surface area contributed by atoms with Crippen LogP contribution in [-0.4, -0.2) is 17.5 Å². The van der Waals surface area contributed by atoms with E-state index in [1.54, 1.807) is 0 Å². The Balaban J connectivity index is 1.96. The highest BCUT2D eigenvalue weighted by atomic mass is 15.6. The number of nitrogens with zero attached hydrogens (tertiary/aromatic N) is 2. The number of hydrogen-bond donors (Lipinski definition) is 1. The maximum absolute atomic E-state index is 4.20. The molecule has 0 bridgehead atoms. The van der Waals surface area contributed by atoms with Crippen molar-refractivity contribution in [2.24, 2.45) is 4.99 Å². The third-order valence-electron chi connectivity index (χ3n) is 1.98. The summed E-state index contributed by atoms with van der Waals surface area (Å²) in [6.07, 6.45) is 2.06. The van der Waals surface area contributed by atoms with Crippen LogP contribution in [-0.2, 0) is 6.54 Å². The van der Waals surface area contributed by atoms with E-state index in [-0.39, 0.29) is 6.17 Å². The quantitative estimate of drug-likeness (QED) is 0.735. The summed E-state index contributed by atoms with van der Waals surface area (Å²) >= 11 is 0. The van der Waals surface area contributed by atoms with Crippen molar-refractivity contribution in [1.82, 2.24) is 10.4 Å². The van der Waals surface area contributed by atoms with Crippen molar-refractivity contribution in [1.29, 1.82) is 0 Å². The molecular formula is C10H13N3. The van der Waals surface area contributed by atoms with Gasteiger partial charge in [-0.15, -0.1) is 0 Å². The van der Waals surface area contributed by atoms with Gasteiger partial charge < -0.3 is 0 Å². The highest BCUT2D eigenvalue weighted by Gasteiger charge is 2.10. The van der Waals surface area contributed by atoms with Crippen LogP contribution in [0, 0.1) is 0 Å². The molecule has 0 spiro atoms. The Kier molecular flexibility index (Phi) is 2.27. The molecule has 0 aromatic heterocycles. The van der Waals surface area contributed by atoms with Crippen LogP contribution in [0.15, 0.2) is 35.3 Å². The van der Waals surface area contributed by atoms with E-state index in [0.717, 1.165) is 6.54 Å². The Morgan fingerprint density at radius 3 is 2.77 bits per heavy atom. The molecule has 1 aromatic rings. The van der Waals surface area contributed by atoms with Gasteiger partial charge in [0, 0.05) is 0 Å². The summed E-state index contributed by atoms with van der Waals surface area (Å²) in [5, 5.41) is 2.00. The lowest BCUT2D eigenvalue weighted by Crippen LogP contribution is -2.34. The normalized spacial score (nSPS) is 21.0. The summed E-state index contributed by atoms with van der Waals surface area (Å²) in [5.41, 5.74) is 4.50. The molecule has 0 radical (unpaired) electrons. The summed E-state index contributed by atoms with van der Waals surface area (Å²) in [6.45, 7) is 2.90. The second-order valence-corrected chi connectivity index (χ2v) is 3.18. The van der Waals surface area contributed by atoms with Crippen molar-refractivity contribution in [3.63, 3.8) is 0 Å². The summed E-state index contributed by atoms with van der Waals surface area (Å²) in [4.78, 5) is 4.20. The minimum atomic E-state index is 0.212. The minimum absolute atomic E-state index is 0.212. The van der Waals surface area contributed by atoms with Gasteiger partial charge in [0.1, 0.15) is 12.5 Å². The van der Waals surface area contributed by atoms with E-state index in [1.807, 2.05) is 36.5 Å². The van der Waals surface area contributed by atoms with Crippen LogP contribution in [0.2, 0.25) is 0 Å². The number of hydrazine groups is 1. The average Bonchev–Trinajstić information content (AvgIpc) is 2.53. The van der Waals surface area contributed by atoms with Gasteiger partial charge in [0.25, 0.3) is 0 Å². The first-order valence-corrected chi connectivity index (χ1v) is 4.44. The zero-order valence-corrected chi connectivity index (χ0v) is 7.64. The van der Waals surface area contributed by atoms with Crippen molar-refractivity contribution >= 4 is 6.34 Å². The molecule has 1 unspecified atom stereocenters. The number of rotatable bonds is 2.